The predicted octanol–water partition coefficient (Wildman–Crippen LogP) is 3.01. The van der Waals surface area contributed by atoms with E-state index in [0.717, 1.165) is 0 Å². The molecule has 0 saturated carbocycles. The molecule has 0 aliphatic heterocycles. The van der Waals surface area contributed by atoms with Gasteiger partial charge in [0.25, 0.3) is 0 Å². The standard InChI is InChI=1S/C11H12Cl2N2O/c1-15(2)6-5-11(16)14-10-4-3-8(12)7-9(10)13/h3-7H,1-2H3,(H,14,16)/b6-5+. The van der Waals surface area contributed by atoms with Crippen LogP contribution in [0.2, 0.25) is 10.0 Å². The van der Waals surface area contributed by atoms with Gasteiger partial charge in [0.1, 0.15) is 0 Å². The van der Waals surface area contributed by atoms with Crippen LogP contribution in [0.1, 0.15) is 0 Å². The lowest BCUT2D eigenvalue weighted by molar-refractivity contribution is -0.112. The molecule has 0 atom stereocenters. The van der Waals surface area contributed by atoms with Crippen LogP contribution >= 0.6 is 23.2 Å². The van der Waals surface area contributed by atoms with Gasteiger partial charge in [0.05, 0.1) is 10.7 Å². The topological polar surface area (TPSA) is 32.3 Å². The van der Waals surface area contributed by atoms with Gasteiger partial charge in [-0.05, 0) is 18.2 Å². The number of carbonyl (C=O) groups is 1. The quantitative estimate of drug-likeness (QED) is 0.846. The Bertz CT molecular complexity index is 416. The monoisotopic (exact) mass is 258 g/mol. The van der Waals surface area contributed by atoms with E-state index in [1.165, 1.54) is 6.08 Å². The molecule has 0 heterocycles. The van der Waals surface area contributed by atoms with Gasteiger partial charge in [-0.15, -0.1) is 0 Å². The number of benzene rings is 1. The highest BCUT2D eigenvalue weighted by Gasteiger charge is 2.03. The molecule has 1 rings (SSSR count). The second kappa shape index (κ2) is 5.77. The average Bonchev–Trinajstić information content (AvgIpc) is 2.19. The molecule has 1 aromatic carbocycles. The van der Waals surface area contributed by atoms with Crippen LogP contribution in [0.3, 0.4) is 0 Å². The van der Waals surface area contributed by atoms with Crippen LogP contribution < -0.4 is 5.32 Å². The molecule has 0 aliphatic carbocycles. The third kappa shape index (κ3) is 4.13. The van der Waals surface area contributed by atoms with Crippen LogP contribution in [0, 0.1) is 0 Å². The summed E-state index contributed by atoms with van der Waals surface area (Å²) in [5, 5.41) is 3.60. The van der Waals surface area contributed by atoms with E-state index in [2.05, 4.69) is 5.32 Å². The molecular formula is C11H12Cl2N2O. The number of anilines is 1. The lowest BCUT2D eigenvalue weighted by Gasteiger charge is -2.06. The van der Waals surface area contributed by atoms with Gasteiger partial charge in [-0.2, -0.15) is 0 Å². The first-order valence-electron chi connectivity index (χ1n) is 4.59. The summed E-state index contributed by atoms with van der Waals surface area (Å²) in [5.41, 5.74) is 0.541. The lowest BCUT2D eigenvalue weighted by atomic mass is 10.3. The molecule has 1 amide bonds. The second-order valence-corrected chi connectivity index (χ2v) is 4.24. The molecule has 1 aromatic rings. The fourth-order valence-electron chi connectivity index (χ4n) is 0.982. The smallest absolute Gasteiger partial charge is 0.249 e. The van der Waals surface area contributed by atoms with Crippen LogP contribution in [-0.4, -0.2) is 24.9 Å². The van der Waals surface area contributed by atoms with Crippen molar-refractivity contribution in [2.75, 3.05) is 19.4 Å². The number of nitrogens with one attached hydrogen (secondary N) is 1. The summed E-state index contributed by atoms with van der Waals surface area (Å²) in [6.07, 6.45) is 3.07. The fraction of sp³-hybridized carbons (Fsp3) is 0.182. The number of halogens is 2. The normalized spacial score (nSPS) is 10.5. The van der Waals surface area contributed by atoms with E-state index in [4.69, 9.17) is 23.2 Å². The van der Waals surface area contributed by atoms with E-state index in [-0.39, 0.29) is 5.91 Å². The zero-order chi connectivity index (χ0) is 12.1. The molecule has 3 nitrogen and oxygen atoms in total. The van der Waals surface area contributed by atoms with Crippen molar-refractivity contribution < 1.29 is 4.79 Å². The predicted molar refractivity (Wildman–Crippen MR) is 67.9 cm³/mol. The van der Waals surface area contributed by atoms with Crippen molar-refractivity contribution in [2.24, 2.45) is 0 Å². The summed E-state index contributed by atoms with van der Waals surface area (Å²) >= 11 is 11.6. The number of hydrogen-bond donors (Lipinski definition) is 1. The second-order valence-electron chi connectivity index (χ2n) is 3.39. The summed E-state index contributed by atoms with van der Waals surface area (Å²) in [6.45, 7) is 0. The van der Waals surface area contributed by atoms with Gasteiger partial charge in [-0.25, -0.2) is 0 Å². The summed E-state index contributed by atoms with van der Waals surface area (Å²) in [5.74, 6) is -0.238. The third-order valence-electron chi connectivity index (χ3n) is 1.71. The van der Waals surface area contributed by atoms with Crippen molar-refractivity contribution in [2.45, 2.75) is 0 Å². The molecule has 0 unspecified atom stereocenters. The Morgan fingerprint density at radius 2 is 2.06 bits per heavy atom. The van der Waals surface area contributed by atoms with Crippen molar-refractivity contribution in [3.8, 4) is 0 Å². The number of nitrogens with zero attached hydrogens (tertiary/aromatic N) is 1. The van der Waals surface area contributed by atoms with E-state index >= 15 is 0 Å². The molecule has 5 heteroatoms. The highest BCUT2D eigenvalue weighted by Crippen LogP contribution is 2.25. The molecule has 0 radical (unpaired) electrons. The highest BCUT2D eigenvalue weighted by molar-refractivity contribution is 6.36. The maximum absolute atomic E-state index is 11.4. The summed E-state index contributed by atoms with van der Waals surface area (Å²) in [6, 6.07) is 4.90. The van der Waals surface area contributed by atoms with Crippen LogP contribution in [0.4, 0.5) is 5.69 Å². The van der Waals surface area contributed by atoms with Crippen LogP contribution in [0.25, 0.3) is 0 Å². The van der Waals surface area contributed by atoms with Crippen molar-refractivity contribution in [1.82, 2.24) is 4.90 Å². The maximum Gasteiger partial charge on any atom is 0.249 e. The Balaban J connectivity index is 2.70. The van der Waals surface area contributed by atoms with Gasteiger partial charge in [0.15, 0.2) is 0 Å². The number of rotatable bonds is 3. The molecule has 86 valence electrons. The molecule has 0 aliphatic rings. The first-order chi connectivity index (χ1) is 7.49. The number of hydrogen-bond acceptors (Lipinski definition) is 2. The zero-order valence-corrected chi connectivity index (χ0v) is 10.5. The molecule has 16 heavy (non-hydrogen) atoms. The van der Waals surface area contributed by atoms with E-state index in [1.54, 1.807) is 29.3 Å². The van der Waals surface area contributed by atoms with E-state index < -0.39 is 0 Å². The summed E-state index contributed by atoms with van der Waals surface area (Å²) in [4.78, 5) is 13.2. The van der Waals surface area contributed by atoms with Gasteiger partial charge in [-0.3, -0.25) is 4.79 Å². The molecule has 0 saturated heterocycles. The van der Waals surface area contributed by atoms with Gasteiger partial charge >= 0.3 is 0 Å². The SMILES string of the molecule is CN(C)/C=C/C(=O)Nc1ccc(Cl)cc1Cl. The summed E-state index contributed by atoms with van der Waals surface area (Å²) in [7, 11) is 3.66. The van der Waals surface area contributed by atoms with E-state index in [0.29, 0.717) is 15.7 Å². The average molecular weight is 259 g/mol. The minimum Gasteiger partial charge on any atom is -0.383 e. The lowest BCUT2D eigenvalue weighted by Crippen LogP contribution is -2.10. The number of carbonyl (C=O) groups excluding carboxylic acids is 1. The van der Waals surface area contributed by atoms with Crippen molar-refractivity contribution >= 4 is 34.8 Å². The van der Waals surface area contributed by atoms with E-state index in [1.807, 2.05) is 14.1 Å². The number of amides is 1. The Labute approximate surface area is 105 Å². The van der Waals surface area contributed by atoms with Crippen molar-refractivity contribution in [3.05, 3.63) is 40.5 Å². The van der Waals surface area contributed by atoms with Crippen molar-refractivity contribution in [3.63, 3.8) is 0 Å². The van der Waals surface area contributed by atoms with Gasteiger partial charge in [0.2, 0.25) is 5.91 Å². The summed E-state index contributed by atoms with van der Waals surface area (Å²) < 4.78 is 0. The molecule has 0 bridgehead atoms. The van der Waals surface area contributed by atoms with Gasteiger partial charge < -0.3 is 10.2 Å². The van der Waals surface area contributed by atoms with Crippen molar-refractivity contribution in [1.29, 1.82) is 0 Å². The first-order valence-corrected chi connectivity index (χ1v) is 5.35. The Hall–Kier alpha value is -1.19. The molecule has 0 spiro atoms. The Morgan fingerprint density at radius 1 is 1.38 bits per heavy atom. The van der Waals surface area contributed by atoms with Crippen LogP contribution in [-0.2, 0) is 4.79 Å². The molecule has 0 aromatic heterocycles. The van der Waals surface area contributed by atoms with Gasteiger partial charge in [-0.1, -0.05) is 23.2 Å². The molecule has 1 N–H and O–H groups in total. The maximum atomic E-state index is 11.4. The fourth-order valence-corrected chi connectivity index (χ4v) is 1.44. The Kier molecular flexibility index (Phi) is 4.65. The zero-order valence-electron chi connectivity index (χ0n) is 9.00. The largest absolute Gasteiger partial charge is 0.383 e. The molecule has 0 fully saturated rings. The van der Waals surface area contributed by atoms with Gasteiger partial charge in [0, 0.05) is 31.4 Å². The highest BCUT2D eigenvalue weighted by atomic mass is 35.5. The van der Waals surface area contributed by atoms with Crippen LogP contribution in [0.15, 0.2) is 30.5 Å². The third-order valence-corrected chi connectivity index (χ3v) is 2.26. The van der Waals surface area contributed by atoms with Crippen LogP contribution in [0.5, 0.6) is 0 Å². The minimum atomic E-state index is -0.238. The Morgan fingerprint density at radius 3 is 2.62 bits per heavy atom. The molecular weight excluding hydrogens is 247 g/mol. The minimum absolute atomic E-state index is 0.238. The first kappa shape index (κ1) is 12.9. The van der Waals surface area contributed by atoms with E-state index in [9.17, 15) is 4.79 Å².